The number of phenols is 2. The normalized spacial score (nSPS) is 26.4. The second kappa shape index (κ2) is 7.51. The first-order valence-electron chi connectivity index (χ1n) is 7.43. The minimum absolute atomic E-state index is 0.00897. The Balaban J connectivity index is 1.87. The van der Waals surface area contributed by atoms with Crippen molar-refractivity contribution in [1.82, 2.24) is 0 Å². The van der Waals surface area contributed by atoms with Crippen LogP contribution in [0.1, 0.15) is 24.8 Å². The first kappa shape index (κ1) is 18.7. The van der Waals surface area contributed by atoms with Crippen LogP contribution in [0.15, 0.2) is 24.3 Å². The third-order valence-corrected chi connectivity index (χ3v) is 3.84. The first-order valence-corrected chi connectivity index (χ1v) is 7.43. The van der Waals surface area contributed by atoms with Gasteiger partial charge in [-0.05, 0) is 36.6 Å². The van der Waals surface area contributed by atoms with Crippen molar-refractivity contribution in [3.05, 3.63) is 29.8 Å². The first-order chi connectivity index (χ1) is 11.7. The SMILES string of the molecule is O=C(/C=C/c1ccc(O)c(O)c1)OOC(=O)C1(O)CCC(O)C(O)C1. The summed E-state index contributed by atoms with van der Waals surface area (Å²) in [6, 6.07) is 3.84. The quantitative estimate of drug-likeness (QED) is 0.214. The highest BCUT2D eigenvalue weighted by Crippen LogP contribution is 2.30. The maximum atomic E-state index is 11.8. The molecular formula is C16H18O9. The lowest BCUT2D eigenvalue weighted by Gasteiger charge is -2.34. The number of hydrogen-bond acceptors (Lipinski definition) is 9. The molecule has 5 N–H and O–H groups in total. The molecule has 0 heterocycles. The fraction of sp³-hybridized carbons (Fsp3) is 0.375. The molecule has 25 heavy (non-hydrogen) atoms. The van der Waals surface area contributed by atoms with Crippen LogP contribution in [-0.4, -0.2) is 55.3 Å². The Kier molecular flexibility index (Phi) is 5.62. The number of aliphatic hydroxyl groups is 3. The number of aliphatic hydroxyl groups excluding tert-OH is 2. The van der Waals surface area contributed by atoms with Crippen molar-refractivity contribution >= 4 is 18.0 Å². The van der Waals surface area contributed by atoms with Crippen LogP contribution in [0.3, 0.4) is 0 Å². The number of rotatable bonds is 3. The lowest BCUT2D eigenvalue weighted by atomic mass is 9.81. The molecule has 1 saturated carbocycles. The van der Waals surface area contributed by atoms with Gasteiger partial charge in [-0.15, -0.1) is 0 Å². The van der Waals surface area contributed by atoms with Gasteiger partial charge in [0.05, 0.1) is 12.2 Å². The zero-order chi connectivity index (χ0) is 18.6. The molecule has 9 heteroatoms. The van der Waals surface area contributed by atoms with E-state index in [0.29, 0.717) is 5.56 Å². The molecule has 0 spiro atoms. The second-order valence-corrected chi connectivity index (χ2v) is 5.76. The van der Waals surface area contributed by atoms with Crippen molar-refractivity contribution in [2.24, 2.45) is 0 Å². The van der Waals surface area contributed by atoms with Crippen LogP contribution < -0.4 is 0 Å². The summed E-state index contributed by atoms with van der Waals surface area (Å²) in [7, 11) is 0. The lowest BCUT2D eigenvalue weighted by Crippen LogP contribution is -2.50. The number of carbonyl (C=O) groups is 2. The largest absolute Gasteiger partial charge is 0.504 e. The molecule has 1 aliphatic carbocycles. The minimum atomic E-state index is -2.05. The zero-order valence-corrected chi connectivity index (χ0v) is 13.0. The molecule has 1 fully saturated rings. The number of carbonyl (C=O) groups excluding carboxylic acids is 2. The average molecular weight is 354 g/mol. The summed E-state index contributed by atoms with van der Waals surface area (Å²) in [5.74, 6) is -2.99. The fourth-order valence-electron chi connectivity index (χ4n) is 2.34. The Labute approximate surface area is 142 Å². The highest BCUT2D eigenvalue weighted by atomic mass is 17.2. The van der Waals surface area contributed by atoms with Gasteiger partial charge in [-0.1, -0.05) is 6.07 Å². The minimum Gasteiger partial charge on any atom is -0.504 e. The monoisotopic (exact) mass is 354 g/mol. The molecule has 1 aromatic carbocycles. The van der Waals surface area contributed by atoms with E-state index >= 15 is 0 Å². The van der Waals surface area contributed by atoms with Gasteiger partial charge in [0.25, 0.3) is 0 Å². The Bertz CT molecular complexity index is 684. The molecule has 3 atom stereocenters. The Morgan fingerprint density at radius 2 is 1.84 bits per heavy atom. The third-order valence-electron chi connectivity index (χ3n) is 3.84. The second-order valence-electron chi connectivity index (χ2n) is 5.76. The Hall–Kier alpha value is -2.62. The van der Waals surface area contributed by atoms with E-state index < -0.39 is 36.2 Å². The van der Waals surface area contributed by atoms with E-state index in [1.54, 1.807) is 0 Å². The topological polar surface area (TPSA) is 154 Å². The molecule has 2 rings (SSSR count). The number of benzene rings is 1. The molecular weight excluding hydrogens is 336 g/mol. The summed E-state index contributed by atoms with van der Waals surface area (Å²) in [6.07, 6.45) is -0.778. The van der Waals surface area contributed by atoms with E-state index in [1.807, 2.05) is 0 Å². The lowest BCUT2D eigenvalue weighted by molar-refractivity contribution is -0.271. The molecule has 0 radical (unpaired) electrons. The van der Waals surface area contributed by atoms with Crippen LogP contribution in [0.25, 0.3) is 6.08 Å². The Morgan fingerprint density at radius 3 is 2.48 bits per heavy atom. The molecule has 0 amide bonds. The summed E-state index contributed by atoms with van der Waals surface area (Å²) >= 11 is 0. The Morgan fingerprint density at radius 1 is 1.12 bits per heavy atom. The summed E-state index contributed by atoms with van der Waals surface area (Å²) in [5.41, 5.74) is -1.67. The van der Waals surface area contributed by atoms with Gasteiger partial charge in [0, 0.05) is 12.5 Å². The molecule has 1 aliphatic rings. The van der Waals surface area contributed by atoms with Crippen molar-refractivity contribution < 1.29 is 44.9 Å². The third kappa shape index (κ3) is 4.69. The van der Waals surface area contributed by atoms with Crippen molar-refractivity contribution in [3.63, 3.8) is 0 Å². The molecule has 3 unspecified atom stereocenters. The van der Waals surface area contributed by atoms with Crippen LogP contribution in [0.2, 0.25) is 0 Å². The van der Waals surface area contributed by atoms with Gasteiger partial charge in [-0.2, -0.15) is 0 Å². The van der Waals surface area contributed by atoms with Gasteiger partial charge in [-0.25, -0.2) is 19.4 Å². The maximum Gasteiger partial charge on any atom is 0.386 e. The zero-order valence-electron chi connectivity index (χ0n) is 13.0. The van der Waals surface area contributed by atoms with Crippen LogP contribution >= 0.6 is 0 Å². The summed E-state index contributed by atoms with van der Waals surface area (Å²) in [6.45, 7) is 0. The predicted octanol–water partition coefficient (Wildman–Crippen LogP) is -0.251. The number of phenolic OH excluding ortho intramolecular Hbond substituents is 2. The molecule has 9 nitrogen and oxygen atoms in total. The van der Waals surface area contributed by atoms with Gasteiger partial charge < -0.3 is 25.5 Å². The molecule has 136 valence electrons. The van der Waals surface area contributed by atoms with E-state index in [4.69, 9.17) is 5.11 Å². The van der Waals surface area contributed by atoms with E-state index in [1.165, 1.54) is 24.3 Å². The van der Waals surface area contributed by atoms with Crippen molar-refractivity contribution in [2.75, 3.05) is 0 Å². The van der Waals surface area contributed by atoms with E-state index in [-0.39, 0.29) is 24.3 Å². The predicted molar refractivity (Wildman–Crippen MR) is 81.8 cm³/mol. The highest BCUT2D eigenvalue weighted by molar-refractivity contribution is 5.88. The van der Waals surface area contributed by atoms with Gasteiger partial charge in [0.15, 0.2) is 17.1 Å². The molecule has 0 saturated heterocycles. The van der Waals surface area contributed by atoms with Crippen molar-refractivity contribution in [3.8, 4) is 11.5 Å². The smallest absolute Gasteiger partial charge is 0.386 e. The summed E-state index contributed by atoms with van der Waals surface area (Å²) in [4.78, 5) is 31.9. The number of hydrogen-bond donors (Lipinski definition) is 5. The van der Waals surface area contributed by atoms with E-state index in [2.05, 4.69) is 9.78 Å². The fourth-order valence-corrected chi connectivity index (χ4v) is 2.34. The molecule has 1 aromatic rings. The molecule has 0 aliphatic heterocycles. The number of aromatic hydroxyl groups is 2. The standard InChI is InChI=1S/C16H18O9/c17-10-3-1-9(7-12(10)19)2-4-14(21)24-25-15(22)16(23)6-5-11(18)13(20)8-16/h1-4,7,11,13,17-20,23H,5-6,8H2/b4-2+. The van der Waals surface area contributed by atoms with Crippen LogP contribution in [0.5, 0.6) is 11.5 Å². The highest BCUT2D eigenvalue weighted by Gasteiger charge is 2.46. The molecule has 0 bridgehead atoms. The van der Waals surface area contributed by atoms with Crippen LogP contribution in [0, 0.1) is 0 Å². The van der Waals surface area contributed by atoms with Gasteiger partial charge in [0.1, 0.15) is 0 Å². The van der Waals surface area contributed by atoms with Crippen molar-refractivity contribution in [2.45, 2.75) is 37.1 Å². The maximum absolute atomic E-state index is 11.8. The van der Waals surface area contributed by atoms with Gasteiger partial charge >= 0.3 is 11.9 Å². The van der Waals surface area contributed by atoms with Crippen LogP contribution in [0.4, 0.5) is 0 Å². The van der Waals surface area contributed by atoms with E-state index in [0.717, 1.165) is 6.08 Å². The van der Waals surface area contributed by atoms with Crippen LogP contribution in [-0.2, 0) is 19.4 Å². The van der Waals surface area contributed by atoms with Gasteiger partial charge in [-0.3, -0.25) is 0 Å². The van der Waals surface area contributed by atoms with Crippen molar-refractivity contribution in [1.29, 1.82) is 0 Å². The van der Waals surface area contributed by atoms with E-state index in [9.17, 15) is 30.0 Å². The molecule has 0 aromatic heterocycles. The average Bonchev–Trinajstić information content (AvgIpc) is 2.57. The van der Waals surface area contributed by atoms with Gasteiger partial charge in [0.2, 0.25) is 0 Å². The summed E-state index contributed by atoms with van der Waals surface area (Å²) in [5, 5.41) is 47.5. The summed E-state index contributed by atoms with van der Waals surface area (Å²) < 4.78 is 0.